The number of imide groups is 1. The summed E-state index contributed by atoms with van der Waals surface area (Å²) >= 11 is 0. The molecule has 2 rings (SSSR count). The Kier molecular flexibility index (Phi) is 4.54. The van der Waals surface area contributed by atoms with Crippen LogP contribution in [0.25, 0.3) is 0 Å². The number of hydrogen-bond acceptors (Lipinski definition) is 3. The van der Waals surface area contributed by atoms with Gasteiger partial charge in [0.25, 0.3) is 5.91 Å². The summed E-state index contributed by atoms with van der Waals surface area (Å²) in [6.07, 6.45) is 4.19. The van der Waals surface area contributed by atoms with E-state index in [-0.39, 0.29) is 11.8 Å². The Labute approximate surface area is 125 Å². The third kappa shape index (κ3) is 3.36. The zero-order chi connectivity index (χ0) is 15.6. The molecule has 0 radical (unpaired) electrons. The Balaban J connectivity index is 1.97. The van der Waals surface area contributed by atoms with Gasteiger partial charge in [0.2, 0.25) is 5.91 Å². The van der Waals surface area contributed by atoms with E-state index in [0.29, 0.717) is 31.1 Å². The van der Waals surface area contributed by atoms with E-state index in [0.717, 1.165) is 24.3 Å². The van der Waals surface area contributed by atoms with E-state index in [1.807, 2.05) is 13.8 Å². The van der Waals surface area contributed by atoms with Crippen LogP contribution in [0.1, 0.15) is 59.3 Å². The molecule has 0 aromatic carbocycles. The van der Waals surface area contributed by atoms with Gasteiger partial charge in [-0.05, 0) is 43.9 Å². The standard InChI is InChI=1S/C15H25N3O3/c1-10(2)4-5-12(19)17-18-13(20)15(16-14(18)21)8-6-11(3)7-9-15/h10-11H,4-9H2,1-3H3,(H,16,21)(H,17,19). The maximum absolute atomic E-state index is 12.5. The van der Waals surface area contributed by atoms with Gasteiger partial charge in [0.1, 0.15) is 5.54 Å². The number of urea groups is 1. The molecule has 6 nitrogen and oxygen atoms in total. The fourth-order valence-corrected chi connectivity index (χ4v) is 2.92. The molecule has 0 aromatic heterocycles. The summed E-state index contributed by atoms with van der Waals surface area (Å²) in [6, 6.07) is -0.507. The van der Waals surface area contributed by atoms with Crippen LogP contribution in [-0.2, 0) is 9.59 Å². The highest BCUT2D eigenvalue weighted by Gasteiger charge is 2.52. The van der Waals surface area contributed by atoms with Gasteiger partial charge in [0, 0.05) is 6.42 Å². The van der Waals surface area contributed by atoms with Crippen molar-refractivity contribution in [3.63, 3.8) is 0 Å². The van der Waals surface area contributed by atoms with Gasteiger partial charge in [-0.2, -0.15) is 5.01 Å². The van der Waals surface area contributed by atoms with Gasteiger partial charge in [0.05, 0.1) is 0 Å². The molecular weight excluding hydrogens is 270 g/mol. The topological polar surface area (TPSA) is 78.5 Å². The molecule has 1 saturated heterocycles. The van der Waals surface area contributed by atoms with E-state index < -0.39 is 11.6 Å². The third-order valence-corrected chi connectivity index (χ3v) is 4.47. The van der Waals surface area contributed by atoms with Crippen LogP contribution in [0.5, 0.6) is 0 Å². The maximum atomic E-state index is 12.5. The second-order valence-electron chi connectivity index (χ2n) is 6.80. The van der Waals surface area contributed by atoms with Crippen molar-refractivity contribution in [2.24, 2.45) is 11.8 Å². The number of hydrogen-bond donors (Lipinski definition) is 2. The molecule has 1 aliphatic carbocycles. The first-order valence-electron chi connectivity index (χ1n) is 7.80. The van der Waals surface area contributed by atoms with Crippen molar-refractivity contribution >= 4 is 17.8 Å². The second kappa shape index (κ2) is 6.03. The van der Waals surface area contributed by atoms with Crippen LogP contribution >= 0.6 is 0 Å². The molecule has 0 bridgehead atoms. The van der Waals surface area contributed by atoms with Gasteiger partial charge in [-0.3, -0.25) is 15.0 Å². The number of nitrogens with one attached hydrogen (secondary N) is 2. The first kappa shape index (κ1) is 15.8. The number of nitrogens with zero attached hydrogens (tertiary/aromatic N) is 1. The van der Waals surface area contributed by atoms with Crippen molar-refractivity contribution in [1.82, 2.24) is 15.8 Å². The predicted molar refractivity (Wildman–Crippen MR) is 78.0 cm³/mol. The molecule has 2 N–H and O–H groups in total. The Morgan fingerprint density at radius 1 is 1.38 bits per heavy atom. The largest absolute Gasteiger partial charge is 0.344 e. The Morgan fingerprint density at radius 2 is 2.00 bits per heavy atom. The van der Waals surface area contributed by atoms with Crippen molar-refractivity contribution in [2.45, 2.75) is 64.8 Å². The predicted octanol–water partition coefficient (Wildman–Crippen LogP) is 1.95. The summed E-state index contributed by atoms with van der Waals surface area (Å²) in [5.74, 6) is 0.394. The van der Waals surface area contributed by atoms with Crippen LogP contribution in [0.15, 0.2) is 0 Å². The first-order valence-corrected chi connectivity index (χ1v) is 7.80. The molecule has 0 aromatic rings. The molecule has 21 heavy (non-hydrogen) atoms. The van der Waals surface area contributed by atoms with Crippen LogP contribution in [0.3, 0.4) is 0 Å². The molecule has 0 unspecified atom stereocenters. The Hall–Kier alpha value is -1.59. The SMILES string of the molecule is CC(C)CCC(=O)NN1C(=O)NC2(CCC(C)CC2)C1=O. The average Bonchev–Trinajstić information content (AvgIpc) is 2.65. The van der Waals surface area contributed by atoms with Gasteiger partial charge in [-0.15, -0.1) is 0 Å². The molecule has 2 fully saturated rings. The lowest BCUT2D eigenvalue weighted by Gasteiger charge is -2.33. The van der Waals surface area contributed by atoms with Gasteiger partial charge in [0.15, 0.2) is 0 Å². The molecule has 1 saturated carbocycles. The summed E-state index contributed by atoms with van der Waals surface area (Å²) in [4.78, 5) is 36.3. The third-order valence-electron chi connectivity index (χ3n) is 4.47. The molecule has 118 valence electrons. The van der Waals surface area contributed by atoms with Crippen LogP contribution < -0.4 is 10.7 Å². The summed E-state index contributed by atoms with van der Waals surface area (Å²) in [5.41, 5.74) is 1.65. The van der Waals surface area contributed by atoms with E-state index in [1.165, 1.54) is 0 Å². The van der Waals surface area contributed by atoms with Crippen molar-refractivity contribution in [1.29, 1.82) is 0 Å². The maximum Gasteiger partial charge on any atom is 0.344 e. The molecule has 1 heterocycles. The Morgan fingerprint density at radius 3 is 2.57 bits per heavy atom. The van der Waals surface area contributed by atoms with Crippen LogP contribution in [0.4, 0.5) is 4.79 Å². The molecule has 1 aliphatic heterocycles. The lowest BCUT2D eigenvalue weighted by atomic mass is 9.77. The minimum absolute atomic E-state index is 0.284. The number of hydrazine groups is 1. The second-order valence-corrected chi connectivity index (χ2v) is 6.80. The number of rotatable bonds is 4. The zero-order valence-corrected chi connectivity index (χ0v) is 13.1. The average molecular weight is 295 g/mol. The fourth-order valence-electron chi connectivity index (χ4n) is 2.92. The van der Waals surface area contributed by atoms with E-state index >= 15 is 0 Å². The van der Waals surface area contributed by atoms with Gasteiger partial charge in [-0.1, -0.05) is 20.8 Å². The fraction of sp³-hybridized carbons (Fsp3) is 0.800. The van der Waals surface area contributed by atoms with Crippen LogP contribution in [-0.4, -0.2) is 28.4 Å². The van der Waals surface area contributed by atoms with E-state index in [4.69, 9.17) is 0 Å². The quantitative estimate of drug-likeness (QED) is 0.778. The number of carbonyl (C=O) groups excluding carboxylic acids is 3. The first-order chi connectivity index (χ1) is 9.84. The van der Waals surface area contributed by atoms with Crippen molar-refractivity contribution in [3.05, 3.63) is 0 Å². The smallest absolute Gasteiger partial charge is 0.322 e. The summed E-state index contributed by atoms with van der Waals surface area (Å²) in [6.45, 7) is 6.21. The highest BCUT2D eigenvalue weighted by molar-refractivity contribution is 6.07. The summed E-state index contributed by atoms with van der Waals surface area (Å²) < 4.78 is 0. The highest BCUT2D eigenvalue weighted by atomic mass is 16.2. The van der Waals surface area contributed by atoms with Crippen LogP contribution in [0.2, 0.25) is 0 Å². The minimum atomic E-state index is -0.797. The number of carbonyl (C=O) groups is 3. The van der Waals surface area contributed by atoms with Crippen LogP contribution in [0, 0.1) is 11.8 Å². The van der Waals surface area contributed by atoms with Crippen molar-refractivity contribution in [2.75, 3.05) is 0 Å². The molecule has 1 spiro atoms. The highest BCUT2D eigenvalue weighted by Crippen LogP contribution is 2.35. The van der Waals surface area contributed by atoms with Crippen molar-refractivity contribution < 1.29 is 14.4 Å². The van der Waals surface area contributed by atoms with E-state index in [9.17, 15) is 14.4 Å². The van der Waals surface area contributed by atoms with Gasteiger partial charge >= 0.3 is 6.03 Å². The molecular formula is C15H25N3O3. The summed E-state index contributed by atoms with van der Waals surface area (Å²) in [7, 11) is 0. The molecule has 4 amide bonds. The molecule has 2 aliphatic rings. The lowest BCUT2D eigenvalue weighted by molar-refractivity contribution is -0.140. The zero-order valence-electron chi connectivity index (χ0n) is 13.1. The number of amides is 4. The van der Waals surface area contributed by atoms with E-state index in [1.54, 1.807) is 0 Å². The molecule has 0 atom stereocenters. The van der Waals surface area contributed by atoms with Gasteiger partial charge in [-0.25, -0.2) is 4.79 Å². The molecule has 6 heteroatoms. The monoisotopic (exact) mass is 295 g/mol. The normalized spacial score (nSPS) is 29.1. The minimum Gasteiger partial charge on any atom is -0.322 e. The van der Waals surface area contributed by atoms with Gasteiger partial charge < -0.3 is 5.32 Å². The Bertz CT molecular complexity index is 439. The van der Waals surface area contributed by atoms with E-state index in [2.05, 4.69) is 17.7 Å². The van der Waals surface area contributed by atoms with Crippen molar-refractivity contribution in [3.8, 4) is 0 Å². The summed E-state index contributed by atoms with van der Waals surface area (Å²) in [5, 5.41) is 3.66. The lowest BCUT2D eigenvalue weighted by Crippen LogP contribution is -2.51.